The first-order valence-corrected chi connectivity index (χ1v) is 3.83. The zero-order chi connectivity index (χ0) is 8.53. The van der Waals surface area contributed by atoms with Gasteiger partial charge < -0.3 is 0 Å². The summed E-state index contributed by atoms with van der Waals surface area (Å²) in [5, 5.41) is 7.36. The van der Waals surface area contributed by atoms with Crippen LogP contribution in [-0.2, 0) is 6.42 Å². The summed E-state index contributed by atoms with van der Waals surface area (Å²) < 4.78 is 0. The molecule has 0 spiro atoms. The third kappa shape index (κ3) is 5.46. The Kier molecular flexibility index (Phi) is 6.50. The van der Waals surface area contributed by atoms with Crippen molar-refractivity contribution in [1.29, 1.82) is 5.41 Å². The van der Waals surface area contributed by atoms with Crippen LogP contribution in [0, 0.1) is 5.41 Å². The zero-order valence-electron chi connectivity index (χ0n) is 6.50. The number of aryl methyl sites for hydroxylation is 1. The van der Waals surface area contributed by atoms with Gasteiger partial charge in [0.2, 0.25) is 0 Å². The minimum Gasteiger partial charge on any atom is -0.248 e. The molecule has 1 rings (SSSR count). The van der Waals surface area contributed by atoms with Gasteiger partial charge >= 0.3 is 0 Å². The molecule has 0 aromatic heterocycles. The summed E-state index contributed by atoms with van der Waals surface area (Å²) >= 11 is 3.81. The number of rotatable bonds is 1. The van der Waals surface area contributed by atoms with Crippen LogP contribution in [0.25, 0.3) is 0 Å². The van der Waals surface area contributed by atoms with Crippen molar-refractivity contribution in [2.45, 2.75) is 13.3 Å². The van der Waals surface area contributed by atoms with Crippen molar-refractivity contribution in [3.8, 4) is 0 Å². The molecular formula is C9H11NS. The van der Waals surface area contributed by atoms with Gasteiger partial charge in [-0.2, -0.15) is 0 Å². The van der Waals surface area contributed by atoms with Crippen LogP contribution < -0.4 is 0 Å². The highest BCUT2D eigenvalue weighted by Gasteiger charge is 1.79. The molecule has 58 valence electrons. The lowest BCUT2D eigenvalue weighted by atomic mass is 10.2. The molecule has 0 saturated heterocycles. The molecular weight excluding hydrogens is 154 g/mol. The Morgan fingerprint density at radius 3 is 2.09 bits per heavy atom. The largest absolute Gasteiger partial charge is 0.248 e. The van der Waals surface area contributed by atoms with Crippen LogP contribution in [0.5, 0.6) is 0 Å². The van der Waals surface area contributed by atoms with E-state index in [0.717, 1.165) is 6.42 Å². The Balaban J connectivity index is 0.000000292. The van der Waals surface area contributed by atoms with E-state index in [2.05, 4.69) is 43.4 Å². The molecule has 1 aromatic rings. The zero-order valence-corrected chi connectivity index (χ0v) is 7.32. The maximum absolute atomic E-state index is 5.77. The summed E-state index contributed by atoms with van der Waals surface area (Å²) in [6.45, 7) is 2.16. The van der Waals surface area contributed by atoms with Crippen LogP contribution in [-0.4, -0.2) is 5.16 Å². The van der Waals surface area contributed by atoms with Gasteiger partial charge in [-0.3, -0.25) is 0 Å². The molecule has 1 N–H and O–H groups in total. The second-order valence-electron chi connectivity index (χ2n) is 1.94. The maximum atomic E-state index is 5.77. The van der Waals surface area contributed by atoms with Crippen molar-refractivity contribution in [1.82, 2.24) is 0 Å². The summed E-state index contributed by atoms with van der Waals surface area (Å²) in [6, 6.07) is 10.5. The fourth-order valence-electron chi connectivity index (χ4n) is 0.714. The first-order valence-electron chi connectivity index (χ1n) is 3.43. The summed E-state index contributed by atoms with van der Waals surface area (Å²) in [5.74, 6) is 0. The predicted molar refractivity (Wildman–Crippen MR) is 51.1 cm³/mol. The van der Waals surface area contributed by atoms with Gasteiger partial charge in [0.1, 0.15) is 0 Å². The Morgan fingerprint density at radius 1 is 1.36 bits per heavy atom. The van der Waals surface area contributed by atoms with E-state index >= 15 is 0 Å². The van der Waals surface area contributed by atoms with Crippen LogP contribution in [0.15, 0.2) is 30.3 Å². The molecule has 11 heavy (non-hydrogen) atoms. The van der Waals surface area contributed by atoms with E-state index in [0.29, 0.717) is 0 Å². The fraction of sp³-hybridized carbons (Fsp3) is 0.222. The monoisotopic (exact) mass is 165 g/mol. The summed E-state index contributed by atoms with van der Waals surface area (Å²) in [5.41, 5.74) is 1.41. The average molecular weight is 165 g/mol. The lowest BCUT2D eigenvalue weighted by molar-refractivity contribution is 1.14. The molecule has 0 radical (unpaired) electrons. The lowest BCUT2D eigenvalue weighted by Crippen LogP contribution is -1.73. The van der Waals surface area contributed by atoms with Gasteiger partial charge in [-0.25, -0.2) is 5.41 Å². The highest BCUT2D eigenvalue weighted by molar-refractivity contribution is 7.78. The highest BCUT2D eigenvalue weighted by Crippen LogP contribution is 1.96. The molecule has 0 aliphatic rings. The Labute approximate surface area is 72.6 Å². The van der Waals surface area contributed by atoms with Crippen molar-refractivity contribution in [2.24, 2.45) is 0 Å². The van der Waals surface area contributed by atoms with E-state index in [-0.39, 0.29) is 0 Å². The van der Waals surface area contributed by atoms with Crippen molar-refractivity contribution >= 4 is 17.4 Å². The van der Waals surface area contributed by atoms with E-state index in [1.165, 1.54) is 5.56 Å². The van der Waals surface area contributed by atoms with Crippen molar-refractivity contribution in [3.05, 3.63) is 35.9 Å². The van der Waals surface area contributed by atoms with Crippen molar-refractivity contribution < 1.29 is 0 Å². The molecule has 0 atom stereocenters. The standard InChI is InChI=1S/C8H10.CHNS/c1-2-8-6-4-3-5-7-8;2-1-3/h3-7H,2H2,1H3;2H. The van der Waals surface area contributed by atoms with E-state index < -0.39 is 0 Å². The second kappa shape index (κ2) is 7.13. The highest BCUT2D eigenvalue weighted by atomic mass is 32.1. The van der Waals surface area contributed by atoms with Crippen LogP contribution in [0.3, 0.4) is 0 Å². The third-order valence-corrected chi connectivity index (χ3v) is 1.25. The Hall–Kier alpha value is -0.980. The van der Waals surface area contributed by atoms with Crippen LogP contribution >= 0.6 is 12.2 Å². The Morgan fingerprint density at radius 2 is 1.82 bits per heavy atom. The van der Waals surface area contributed by atoms with Gasteiger partial charge in [0, 0.05) is 0 Å². The lowest BCUT2D eigenvalue weighted by Gasteiger charge is -1.89. The molecule has 0 saturated carbocycles. The van der Waals surface area contributed by atoms with Gasteiger partial charge in [-0.1, -0.05) is 37.3 Å². The van der Waals surface area contributed by atoms with E-state index in [4.69, 9.17) is 5.41 Å². The first kappa shape index (κ1) is 10.0. The number of thiocarbonyl (C=S) groups is 1. The summed E-state index contributed by atoms with van der Waals surface area (Å²) in [7, 11) is 0. The normalized spacial score (nSPS) is 7.36. The number of nitrogens with one attached hydrogen (secondary N) is 1. The first-order chi connectivity index (χ1) is 5.35. The molecule has 0 amide bonds. The molecule has 0 aliphatic carbocycles. The van der Waals surface area contributed by atoms with Crippen molar-refractivity contribution in [2.75, 3.05) is 0 Å². The number of hydrogen-bond acceptors (Lipinski definition) is 2. The van der Waals surface area contributed by atoms with E-state index in [1.54, 1.807) is 5.16 Å². The second-order valence-corrected chi connectivity index (χ2v) is 2.15. The number of isothiocyanates is 1. The SMILES string of the molecule is CCc1ccccc1.N=C=S. The molecule has 1 nitrogen and oxygen atoms in total. The Bertz CT molecular complexity index is 212. The van der Waals surface area contributed by atoms with Crippen LogP contribution in [0.2, 0.25) is 0 Å². The van der Waals surface area contributed by atoms with Crippen LogP contribution in [0.4, 0.5) is 0 Å². The molecule has 1 aromatic carbocycles. The van der Waals surface area contributed by atoms with Crippen LogP contribution in [0.1, 0.15) is 12.5 Å². The topological polar surface area (TPSA) is 23.9 Å². The minimum atomic E-state index is 1.14. The van der Waals surface area contributed by atoms with Gasteiger partial charge in [0.05, 0.1) is 5.16 Å². The molecule has 0 fully saturated rings. The summed E-state index contributed by atoms with van der Waals surface area (Å²) in [6.07, 6.45) is 1.14. The fourth-order valence-corrected chi connectivity index (χ4v) is 0.714. The van der Waals surface area contributed by atoms with E-state index in [9.17, 15) is 0 Å². The van der Waals surface area contributed by atoms with Gasteiger partial charge in [-0.05, 0) is 24.2 Å². The predicted octanol–water partition coefficient (Wildman–Crippen LogP) is 2.92. The van der Waals surface area contributed by atoms with Gasteiger partial charge in [0.15, 0.2) is 0 Å². The number of hydrogen-bond donors (Lipinski definition) is 1. The van der Waals surface area contributed by atoms with Crippen molar-refractivity contribution in [3.63, 3.8) is 0 Å². The third-order valence-electron chi connectivity index (χ3n) is 1.25. The number of benzene rings is 1. The van der Waals surface area contributed by atoms with E-state index in [1.807, 2.05) is 6.07 Å². The molecule has 0 bridgehead atoms. The smallest absolute Gasteiger partial charge is 0.0554 e. The van der Waals surface area contributed by atoms with Gasteiger partial charge in [0.25, 0.3) is 0 Å². The molecule has 0 heterocycles. The minimum absolute atomic E-state index is 1.14. The summed E-state index contributed by atoms with van der Waals surface area (Å²) in [4.78, 5) is 0. The maximum Gasteiger partial charge on any atom is 0.0554 e. The molecule has 0 unspecified atom stereocenters. The quantitative estimate of drug-likeness (QED) is 0.502. The average Bonchev–Trinajstić information content (AvgIpc) is 2.08. The molecule has 0 aliphatic heterocycles. The van der Waals surface area contributed by atoms with Gasteiger partial charge in [-0.15, -0.1) is 0 Å². The molecule has 2 heteroatoms.